The first-order valence-electron chi connectivity index (χ1n) is 5.64. The Kier molecular flexibility index (Phi) is 4.57. The Morgan fingerprint density at radius 1 is 1.67 bits per heavy atom. The summed E-state index contributed by atoms with van der Waals surface area (Å²) in [5.41, 5.74) is 5.70. The molecule has 3 atom stereocenters. The van der Waals surface area contributed by atoms with Gasteiger partial charge in [-0.15, -0.1) is 0 Å². The minimum Gasteiger partial charge on any atom is -0.351 e. The van der Waals surface area contributed by atoms with E-state index in [0.717, 1.165) is 25.7 Å². The van der Waals surface area contributed by atoms with Gasteiger partial charge >= 0.3 is 0 Å². The SMILES string of the molecule is CCCC(N)C(=O)NC1CCCC1C#N. The fourth-order valence-corrected chi connectivity index (χ4v) is 2.02. The lowest BCUT2D eigenvalue weighted by atomic mass is 10.0. The topological polar surface area (TPSA) is 78.9 Å². The van der Waals surface area contributed by atoms with E-state index in [4.69, 9.17) is 11.0 Å². The van der Waals surface area contributed by atoms with E-state index in [9.17, 15) is 4.79 Å². The molecule has 0 aromatic rings. The molecule has 4 nitrogen and oxygen atoms in total. The Hall–Kier alpha value is -1.08. The van der Waals surface area contributed by atoms with Gasteiger partial charge in [0.1, 0.15) is 0 Å². The van der Waals surface area contributed by atoms with Gasteiger partial charge in [-0.2, -0.15) is 5.26 Å². The van der Waals surface area contributed by atoms with Gasteiger partial charge in [0.05, 0.1) is 18.0 Å². The van der Waals surface area contributed by atoms with Crippen molar-refractivity contribution in [3.63, 3.8) is 0 Å². The summed E-state index contributed by atoms with van der Waals surface area (Å²) in [6.45, 7) is 2.00. The maximum Gasteiger partial charge on any atom is 0.237 e. The highest BCUT2D eigenvalue weighted by Crippen LogP contribution is 2.24. The molecular weight excluding hydrogens is 190 g/mol. The fraction of sp³-hybridized carbons (Fsp3) is 0.818. The second-order valence-electron chi connectivity index (χ2n) is 4.18. The molecule has 0 aromatic carbocycles. The monoisotopic (exact) mass is 209 g/mol. The number of hydrogen-bond donors (Lipinski definition) is 2. The zero-order chi connectivity index (χ0) is 11.3. The van der Waals surface area contributed by atoms with Crippen molar-refractivity contribution in [2.45, 2.75) is 51.1 Å². The van der Waals surface area contributed by atoms with Crippen molar-refractivity contribution in [1.82, 2.24) is 5.32 Å². The maximum absolute atomic E-state index is 11.6. The maximum atomic E-state index is 11.6. The van der Waals surface area contributed by atoms with Crippen LogP contribution in [-0.4, -0.2) is 18.0 Å². The van der Waals surface area contributed by atoms with E-state index in [1.54, 1.807) is 0 Å². The van der Waals surface area contributed by atoms with Crippen LogP contribution in [0.2, 0.25) is 0 Å². The van der Waals surface area contributed by atoms with Crippen LogP contribution < -0.4 is 11.1 Å². The summed E-state index contributed by atoms with van der Waals surface area (Å²) in [7, 11) is 0. The van der Waals surface area contributed by atoms with Crippen molar-refractivity contribution >= 4 is 5.91 Å². The van der Waals surface area contributed by atoms with E-state index in [2.05, 4.69) is 11.4 Å². The normalized spacial score (nSPS) is 27.0. The highest BCUT2D eigenvalue weighted by atomic mass is 16.2. The summed E-state index contributed by atoms with van der Waals surface area (Å²) >= 11 is 0. The van der Waals surface area contributed by atoms with Crippen LogP contribution in [0.5, 0.6) is 0 Å². The van der Waals surface area contributed by atoms with E-state index < -0.39 is 6.04 Å². The van der Waals surface area contributed by atoms with Gasteiger partial charge in [-0.3, -0.25) is 4.79 Å². The van der Waals surface area contributed by atoms with Crippen molar-refractivity contribution < 1.29 is 4.79 Å². The predicted octanol–water partition coefficient (Wildman–Crippen LogP) is 0.922. The molecule has 0 aliphatic heterocycles. The average molecular weight is 209 g/mol. The smallest absolute Gasteiger partial charge is 0.237 e. The van der Waals surface area contributed by atoms with Crippen LogP contribution in [0, 0.1) is 17.2 Å². The van der Waals surface area contributed by atoms with Crippen LogP contribution >= 0.6 is 0 Å². The number of hydrogen-bond acceptors (Lipinski definition) is 3. The third-order valence-corrected chi connectivity index (χ3v) is 2.95. The molecule has 1 aliphatic rings. The third-order valence-electron chi connectivity index (χ3n) is 2.95. The quantitative estimate of drug-likeness (QED) is 0.722. The molecule has 3 unspecified atom stereocenters. The average Bonchev–Trinajstić information content (AvgIpc) is 2.65. The first-order valence-corrected chi connectivity index (χ1v) is 5.64. The number of amides is 1. The van der Waals surface area contributed by atoms with Crippen molar-refractivity contribution in [3.05, 3.63) is 0 Å². The Morgan fingerprint density at radius 3 is 3.00 bits per heavy atom. The molecule has 1 saturated carbocycles. The number of carbonyl (C=O) groups is 1. The van der Waals surface area contributed by atoms with Gasteiger partial charge in [-0.1, -0.05) is 13.3 Å². The molecule has 0 heterocycles. The standard InChI is InChI=1S/C11H19N3O/c1-2-4-9(13)11(15)14-10-6-3-5-8(10)7-12/h8-10H,2-6,13H2,1H3,(H,14,15). The van der Waals surface area contributed by atoms with Crippen molar-refractivity contribution in [1.29, 1.82) is 5.26 Å². The highest BCUT2D eigenvalue weighted by molar-refractivity contribution is 5.81. The summed E-state index contributed by atoms with van der Waals surface area (Å²) in [5.74, 6) is -0.133. The van der Waals surface area contributed by atoms with Gasteiger partial charge in [-0.05, 0) is 25.7 Å². The first kappa shape index (κ1) is 12.0. The van der Waals surface area contributed by atoms with Crippen LogP contribution in [0.25, 0.3) is 0 Å². The highest BCUT2D eigenvalue weighted by Gasteiger charge is 2.29. The minimum atomic E-state index is -0.421. The van der Waals surface area contributed by atoms with E-state index in [1.807, 2.05) is 6.92 Å². The molecule has 0 spiro atoms. The zero-order valence-electron chi connectivity index (χ0n) is 9.20. The molecule has 0 radical (unpaired) electrons. The molecule has 3 N–H and O–H groups in total. The lowest BCUT2D eigenvalue weighted by molar-refractivity contribution is -0.123. The number of nitrogens with one attached hydrogen (secondary N) is 1. The third kappa shape index (κ3) is 3.21. The van der Waals surface area contributed by atoms with E-state index >= 15 is 0 Å². The van der Waals surface area contributed by atoms with Crippen LogP contribution in [0.4, 0.5) is 0 Å². The Bertz CT molecular complexity index is 259. The van der Waals surface area contributed by atoms with Gasteiger partial charge in [0.15, 0.2) is 0 Å². The molecule has 1 rings (SSSR count). The molecule has 1 fully saturated rings. The number of rotatable bonds is 4. The largest absolute Gasteiger partial charge is 0.351 e. The summed E-state index contributed by atoms with van der Waals surface area (Å²) in [6, 6.07) is 1.83. The van der Waals surface area contributed by atoms with Gasteiger partial charge in [-0.25, -0.2) is 0 Å². The van der Waals surface area contributed by atoms with E-state index in [-0.39, 0.29) is 17.9 Å². The van der Waals surface area contributed by atoms with E-state index in [1.165, 1.54) is 0 Å². The zero-order valence-corrected chi connectivity index (χ0v) is 9.20. The minimum absolute atomic E-state index is 0.0189. The Labute approximate surface area is 90.8 Å². The molecule has 0 aromatic heterocycles. The molecule has 1 amide bonds. The Balaban J connectivity index is 2.41. The molecule has 0 bridgehead atoms. The molecule has 0 saturated heterocycles. The summed E-state index contributed by atoms with van der Waals surface area (Å²) in [5, 5.41) is 11.7. The van der Waals surface area contributed by atoms with Gasteiger partial charge in [0.25, 0.3) is 0 Å². The number of nitrogens with two attached hydrogens (primary N) is 1. The van der Waals surface area contributed by atoms with Crippen LogP contribution in [0.15, 0.2) is 0 Å². The second-order valence-corrected chi connectivity index (χ2v) is 4.18. The van der Waals surface area contributed by atoms with E-state index in [0.29, 0.717) is 6.42 Å². The van der Waals surface area contributed by atoms with Crippen molar-refractivity contribution in [3.8, 4) is 6.07 Å². The molecule has 84 valence electrons. The summed E-state index contributed by atoms with van der Waals surface area (Å²) in [6.07, 6.45) is 4.43. The lowest BCUT2D eigenvalue weighted by Crippen LogP contribution is -2.46. The predicted molar refractivity (Wildman–Crippen MR) is 57.8 cm³/mol. The van der Waals surface area contributed by atoms with Crippen LogP contribution in [0.3, 0.4) is 0 Å². The van der Waals surface area contributed by atoms with Crippen LogP contribution in [0.1, 0.15) is 39.0 Å². The number of nitrogens with zero attached hydrogens (tertiary/aromatic N) is 1. The summed E-state index contributed by atoms with van der Waals surface area (Å²) < 4.78 is 0. The van der Waals surface area contributed by atoms with Gasteiger partial charge < -0.3 is 11.1 Å². The van der Waals surface area contributed by atoms with Crippen molar-refractivity contribution in [2.75, 3.05) is 0 Å². The second kappa shape index (κ2) is 5.72. The molecular formula is C11H19N3O. The number of carbonyl (C=O) groups excluding carboxylic acids is 1. The first-order chi connectivity index (χ1) is 7.19. The lowest BCUT2D eigenvalue weighted by Gasteiger charge is -2.18. The summed E-state index contributed by atoms with van der Waals surface area (Å²) in [4.78, 5) is 11.6. The molecule has 1 aliphatic carbocycles. The Morgan fingerprint density at radius 2 is 2.40 bits per heavy atom. The van der Waals surface area contributed by atoms with Crippen LogP contribution in [-0.2, 0) is 4.79 Å². The molecule has 4 heteroatoms. The fourth-order valence-electron chi connectivity index (χ4n) is 2.02. The van der Waals surface area contributed by atoms with Gasteiger partial charge in [0, 0.05) is 6.04 Å². The molecule has 15 heavy (non-hydrogen) atoms. The number of nitriles is 1. The van der Waals surface area contributed by atoms with Crippen molar-refractivity contribution in [2.24, 2.45) is 11.7 Å². The van der Waals surface area contributed by atoms with Gasteiger partial charge in [0.2, 0.25) is 5.91 Å².